The Labute approximate surface area is 72.3 Å². The quantitative estimate of drug-likeness (QED) is 0.552. The Morgan fingerprint density at radius 2 is 2.17 bits per heavy atom. The molecule has 70 valence electrons. The number of piperidine rings is 1. The normalized spacial score (nSPS) is 22.1. The van der Waals surface area contributed by atoms with Crippen molar-refractivity contribution in [2.24, 2.45) is 0 Å². The van der Waals surface area contributed by atoms with Gasteiger partial charge in [0.15, 0.2) is 0 Å². The monoisotopic (exact) mass is 172 g/mol. The molecule has 1 aliphatic heterocycles. The third-order valence-corrected chi connectivity index (χ3v) is 2.38. The molecule has 1 heterocycles. The molecule has 0 bridgehead atoms. The molecular weight excluding hydrogens is 156 g/mol. The van der Waals surface area contributed by atoms with E-state index in [0.29, 0.717) is 19.4 Å². The van der Waals surface area contributed by atoms with E-state index in [9.17, 15) is 4.79 Å². The van der Waals surface area contributed by atoms with Gasteiger partial charge in [0, 0.05) is 0 Å². The lowest BCUT2D eigenvalue weighted by Gasteiger charge is -2.34. The molecule has 0 atom stereocenters. The molecule has 0 spiro atoms. The molecular formula is C8H16N2O2. The Morgan fingerprint density at radius 1 is 1.58 bits per heavy atom. The molecule has 12 heavy (non-hydrogen) atoms. The summed E-state index contributed by atoms with van der Waals surface area (Å²) < 4.78 is 0. The topological polar surface area (TPSA) is 61.4 Å². The Morgan fingerprint density at radius 3 is 2.58 bits per heavy atom. The number of hydrogen-bond acceptors (Lipinski definition) is 3. The van der Waals surface area contributed by atoms with Gasteiger partial charge in [-0.15, -0.1) is 0 Å². The molecule has 0 radical (unpaired) electrons. The number of carboxylic acids is 1. The molecule has 0 unspecified atom stereocenters. The van der Waals surface area contributed by atoms with Crippen LogP contribution in [0, 0.1) is 0 Å². The molecule has 3 N–H and O–H groups in total. The van der Waals surface area contributed by atoms with Crippen molar-refractivity contribution in [2.75, 3.05) is 19.6 Å². The zero-order valence-corrected chi connectivity index (χ0v) is 7.39. The van der Waals surface area contributed by atoms with E-state index in [1.54, 1.807) is 0 Å². The van der Waals surface area contributed by atoms with Crippen molar-refractivity contribution in [1.82, 2.24) is 10.6 Å². The molecule has 1 rings (SSSR count). The van der Waals surface area contributed by atoms with Crippen LogP contribution in [-0.2, 0) is 4.79 Å². The first-order valence-electron chi connectivity index (χ1n) is 4.40. The maximum atomic E-state index is 11.0. The maximum absolute atomic E-state index is 11.0. The van der Waals surface area contributed by atoms with Gasteiger partial charge in [-0.25, -0.2) is 0 Å². The maximum Gasteiger partial charge on any atom is 0.323 e. The Hall–Kier alpha value is -0.610. The summed E-state index contributed by atoms with van der Waals surface area (Å²) in [7, 11) is 0. The molecule has 0 saturated carbocycles. The van der Waals surface area contributed by atoms with E-state index in [1.807, 2.05) is 6.92 Å². The number of carbonyl (C=O) groups is 1. The smallest absolute Gasteiger partial charge is 0.323 e. The fourth-order valence-corrected chi connectivity index (χ4v) is 1.66. The predicted molar refractivity (Wildman–Crippen MR) is 46.1 cm³/mol. The van der Waals surface area contributed by atoms with Crippen molar-refractivity contribution < 1.29 is 9.90 Å². The number of hydrogen-bond donors (Lipinski definition) is 3. The minimum absolute atomic E-state index is 0.667. The highest BCUT2D eigenvalue weighted by Crippen LogP contribution is 2.17. The molecule has 1 aliphatic rings. The highest BCUT2D eigenvalue weighted by atomic mass is 16.4. The second-order valence-electron chi connectivity index (χ2n) is 3.17. The summed E-state index contributed by atoms with van der Waals surface area (Å²) >= 11 is 0. The van der Waals surface area contributed by atoms with Crippen LogP contribution in [-0.4, -0.2) is 36.2 Å². The SMILES string of the molecule is CCNC1(C(=O)O)CCNCC1. The van der Waals surface area contributed by atoms with Gasteiger partial charge >= 0.3 is 5.97 Å². The zero-order valence-electron chi connectivity index (χ0n) is 7.39. The molecule has 0 aromatic carbocycles. The summed E-state index contributed by atoms with van der Waals surface area (Å²) in [6.07, 6.45) is 1.35. The van der Waals surface area contributed by atoms with Crippen molar-refractivity contribution >= 4 is 5.97 Å². The summed E-state index contributed by atoms with van der Waals surface area (Å²) in [5.41, 5.74) is -0.667. The Balaban J connectivity index is 2.63. The van der Waals surface area contributed by atoms with E-state index in [1.165, 1.54) is 0 Å². The summed E-state index contributed by atoms with van der Waals surface area (Å²) in [5, 5.41) is 15.2. The van der Waals surface area contributed by atoms with Gasteiger partial charge in [0.25, 0.3) is 0 Å². The first-order chi connectivity index (χ1) is 5.71. The van der Waals surface area contributed by atoms with E-state index in [-0.39, 0.29) is 0 Å². The van der Waals surface area contributed by atoms with Crippen LogP contribution in [0.1, 0.15) is 19.8 Å². The molecule has 4 nitrogen and oxygen atoms in total. The van der Waals surface area contributed by atoms with Crippen LogP contribution in [0.3, 0.4) is 0 Å². The summed E-state index contributed by atoms with van der Waals surface area (Å²) in [6.45, 7) is 4.23. The van der Waals surface area contributed by atoms with Gasteiger partial charge in [0.2, 0.25) is 0 Å². The summed E-state index contributed by atoms with van der Waals surface area (Å²) in [6, 6.07) is 0. The van der Waals surface area contributed by atoms with E-state index in [4.69, 9.17) is 5.11 Å². The van der Waals surface area contributed by atoms with Crippen LogP contribution in [0.4, 0.5) is 0 Å². The second kappa shape index (κ2) is 3.87. The van der Waals surface area contributed by atoms with Crippen molar-refractivity contribution in [3.05, 3.63) is 0 Å². The van der Waals surface area contributed by atoms with E-state index in [2.05, 4.69) is 10.6 Å². The highest BCUT2D eigenvalue weighted by molar-refractivity contribution is 5.79. The number of likely N-dealkylation sites (N-methyl/N-ethyl adjacent to an activating group) is 1. The standard InChI is InChI=1S/C8H16N2O2/c1-2-10-8(7(11)12)3-5-9-6-4-8/h9-10H,2-6H2,1H3,(H,11,12). The number of nitrogens with one attached hydrogen (secondary N) is 2. The van der Waals surface area contributed by atoms with Gasteiger partial charge in [0.05, 0.1) is 0 Å². The van der Waals surface area contributed by atoms with Crippen LogP contribution < -0.4 is 10.6 Å². The lowest BCUT2D eigenvalue weighted by Crippen LogP contribution is -2.57. The summed E-state index contributed by atoms with van der Waals surface area (Å²) in [5.74, 6) is -0.717. The van der Waals surface area contributed by atoms with Crippen LogP contribution in [0.5, 0.6) is 0 Å². The summed E-state index contributed by atoms with van der Waals surface area (Å²) in [4.78, 5) is 11.0. The molecule has 0 aliphatic carbocycles. The highest BCUT2D eigenvalue weighted by Gasteiger charge is 2.38. The third-order valence-electron chi connectivity index (χ3n) is 2.38. The van der Waals surface area contributed by atoms with Gasteiger partial charge in [-0.05, 0) is 32.5 Å². The fourth-order valence-electron chi connectivity index (χ4n) is 1.66. The van der Waals surface area contributed by atoms with Crippen LogP contribution >= 0.6 is 0 Å². The van der Waals surface area contributed by atoms with E-state index >= 15 is 0 Å². The number of aliphatic carboxylic acids is 1. The minimum Gasteiger partial charge on any atom is -0.480 e. The fraction of sp³-hybridized carbons (Fsp3) is 0.875. The van der Waals surface area contributed by atoms with Crippen LogP contribution in [0.2, 0.25) is 0 Å². The Kier molecular flexibility index (Phi) is 3.05. The molecule has 0 aromatic rings. The van der Waals surface area contributed by atoms with Gasteiger partial charge in [-0.3, -0.25) is 4.79 Å². The number of carboxylic acid groups (broad SMARTS) is 1. The van der Waals surface area contributed by atoms with Crippen LogP contribution in [0.15, 0.2) is 0 Å². The lowest BCUT2D eigenvalue weighted by atomic mass is 9.88. The minimum atomic E-state index is -0.717. The van der Waals surface area contributed by atoms with Crippen molar-refractivity contribution in [1.29, 1.82) is 0 Å². The average Bonchev–Trinajstić information content (AvgIpc) is 2.06. The van der Waals surface area contributed by atoms with Crippen molar-refractivity contribution in [2.45, 2.75) is 25.3 Å². The molecule has 0 aromatic heterocycles. The van der Waals surface area contributed by atoms with E-state index in [0.717, 1.165) is 13.1 Å². The van der Waals surface area contributed by atoms with Gasteiger partial charge in [0.1, 0.15) is 5.54 Å². The average molecular weight is 172 g/mol. The second-order valence-corrected chi connectivity index (χ2v) is 3.17. The molecule has 1 saturated heterocycles. The molecule has 1 fully saturated rings. The van der Waals surface area contributed by atoms with Crippen molar-refractivity contribution in [3.8, 4) is 0 Å². The Bertz CT molecular complexity index is 159. The third kappa shape index (κ3) is 1.76. The zero-order chi connectivity index (χ0) is 9.03. The van der Waals surface area contributed by atoms with Gasteiger partial charge in [-0.2, -0.15) is 0 Å². The number of rotatable bonds is 3. The predicted octanol–water partition coefficient (Wildman–Crippen LogP) is -0.197. The van der Waals surface area contributed by atoms with Crippen LogP contribution in [0.25, 0.3) is 0 Å². The lowest BCUT2D eigenvalue weighted by molar-refractivity contribution is -0.146. The largest absolute Gasteiger partial charge is 0.480 e. The molecule has 4 heteroatoms. The van der Waals surface area contributed by atoms with E-state index < -0.39 is 11.5 Å². The first kappa shape index (κ1) is 9.48. The first-order valence-corrected chi connectivity index (χ1v) is 4.40. The van der Waals surface area contributed by atoms with Gasteiger partial charge < -0.3 is 15.7 Å². The van der Waals surface area contributed by atoms with Gasteiger partial charge in [-0.1, -0.05) is 6.92 Å². The van der Waals surface area contributed by atoms with Crippen molar-refractivity contribution in [3.63, 3.8) is 0 Å². The molecule has 0 amide bonds.